The van der Waals surface area contributed by atoms with E-state index < -0.39 is 0 Å². The van der Waals surface area contributed by atoms with Gasteiger partial charge in [-0.15, -0.1) is 0 Å². The fraction of sp³-hybridized carbons (Fsp3) is 0.462. The normalized spacial score (nSPS) is 10.2. The second-order valence-corrected chi connectivity index (χ2v) is 5.14. The van der Waals surface area contributed by atoms with Gasteiger partial charge in [-0.3, -0.25) is 4.79 Å². The molecule has 94 valence electrons. The summed E-state index contributed by atoms with van der Waals surface area (Å²) in [4.78, 5) is 11.6. The molecule has 0 aliphatic rings. The highest BCUT2D eigenvalue weighted by Gasteiger charge is 2.02. The van der Waals surface area contributed by atoms with Crippen molar-refractivity contribution in [1.82, 2.24) is 5.32 Å². The van der Waals surface area contributed by atoms with E-state index in [1.54, 1.807) is 0 Å². The topological polar surface area (TPSA) is 29.1 Å². The molecule has 4 heteroatoms. The first kappa shape index (κ1) is 14.5. The van der Waals surface area contributed by atoms with Crippen molar-refractivity contribution in [2.24, 2.45) is 0 Å². The van der Waals surface area contributed by atoms with Gasteiger partial charge in [-0.1, -0.05) is 46.1 Å². The van der Waals surface area contributed by atoms with Crippen LogP contribution in [-0.4, -0.2) is 17.8 Å². The van der Waals surface area contributed by atoms with Crippen LogP contribution in [0, 0.1) is 0 Å². The molecule has 0 saturated heterocycles. The molecule has 2 nitrogen and oxygen atoms in total. The fourth-order valence-corrected chi connectivity index (χ4v) is 2.13. The third kappa shape index (κ3) is 6.69. The van der Waals surface area contributed by atoms with Crippen LogP contribution >= 0.6 is 27.5 Å². The number of hydrogen-bond acceptors (Lipinski definition) is 1. The Morgan fingerprint density at radius 2 is 2.12 bits per heavy atom. The van der Waals surface area contributed by atoms with Crippen LogP contribution in [0.25, 0.3) is 0 Å². The molecule has 1 N–H and O–H groups in total. The third-order valence-electron chi connectivity index (χ3n) is 2.39. The maximum Gasteiger partial charge on any atom is 0.224 e. The zero-order valence-electron chi connectivity index (χ0n) is 9.72. The Kier molecular flexibility index (Phi) is 7.29. The third-order valence-corrected chi connectivity index (χ3v) is 3.18. The first-order chi connectivity index (χ1) is 8.22. The van der Waals surface area contributed by atoms with Crippen molar-refractivity contribution in [1.29, 1.82) is 0 Å². The van der Waals surface area contributed by atoms with Crippen molar-refractivity contribution in [2.45, 2.75) is 25.7 Å². The molecule has 1 rings (SSSR count). The van der Waals surface area contributed by atoms with E-state index in [4.69, 9.17) is 11.6 Å². The molecule has 0 bridgehead atoms. The van der Waals surface area contributed by atoms with E-state index in [2.05, 4.69) is 21.2 Å². The van der Waals surface area contributed by atoms with Gasteiger partial charge >= 0.3 is 0 Å². The van der Waals surface area contributed by atoms with Gasteiger partial charge in [-0.25, -0.2) is 0 Å². The highest BCUT2D eigenvalue weighted by molar-refractivity contribution is 9.09. The molecule has 0 spiro atoms. The average molecular weight is 319 g/mol. The van der Waals surface area contributed by atoms with Gasteiger partial charge in [-0.2, -0.15) is 0 Å². The summed E-state index contributed by atoms with van der Waals surface area (Å²) in [6.07, 6.45) is 3.73. The lowest BCUT2D eigenvalue weighted by Crippen LogP contribution is -2.26. The van der Waals surface area contributed by atoms with Crippen molar-refractivity contribution >= 4 is 33.4 Å². The van der Waals surface area contributed by atoms with Crippen LogP contribution in [0.2, 0.25) is 5.02 Å². The average Bonchev–Trinajstić information content (AvgIpc) is 2.29. The minimum absolute atomic E-state index is 0.0612. The van der Waals surface area contributed by atoms with Crippen molar-refractivity contribution in [2.75, 3.05) is 11.9 Å². The van der Waals surface area contributed by atoms with Crippen LogP contribution in [0.15, 0.2) is 24.3 Å². The highest BCUT2D eigenvalue weighted by Crippen LogP contribution is 2.10. The molecule has 0 unspecified atom stereocenters. The second-order valence-electron chi connectivity index (χ2n) is 3.91. The number of hydrogen-bond donors (Lipinski definition) is 1. The maximum absolute atomic E-state index is 11.6. The van der Waals surface area contributed by atoms with Gasteiger partial charge in [0.2, 0.25) is 5.91 Å². The summed E-state index contributed by atoms with van der Waals surface area (Å²) in [6, 6.07) is 7.41. The molecule has 0 saturated carbocycles. The Bertz CT molecular complexity index is 357. The summed E-state index contributed by atoms with van der Waals surface area (Å²) < 4.78 is 0. The molecule has 0 aromatic heterocycles. The number of unbranched alkanes of at least 4 members (excludes halogenated alkanes) is 2. The zero-order valence-corrected chi connectivity index (χ0v) is 12.1. The second kappa shape index (κ2) is 8.54. The molecular formula is C13H17BrClNO. The van der Waals surface area contributed by atoms with Crippen LogP contribution < -0.4 is 5.32 Å². The molecule has 0 heterocycles. The Morgan fingerprint density at radius 3 is 2.82 bits per heavy atom. The number of alkyl halides is 1. The Hall–Kier alpha value is -0.540. The Morgan fingerprint density at radius 1 is 1.29 bits per heavy atom. The van der Waals surface area contributed by atoms with Crippen LogP contribution in [0.4, 0.5) is 0 Å². The SMILES string of the molecule is O=C(Cc1cccc(Cl)c1)NCCCCCBr. The molecule has 0 aliphatic carbocycles. The molecule has 0 fully saturated rings. The van der Waals surface area contributed by atoms with Crippen molar-refractivity contribution in [3.8, 4) is 0 Å². The molecule has 1 amide bonds. The number of carbonyl (C=O) groups is 1. The van der Waals surface area contributed by atoms with Crippen molar-refractivity contribution in [3.05, 3.63) is 34.9 Å². The number of nitrogens with one attached hydrogen (secondary N) is 1. The van der Waals surface area contributed by atoms with E-state index in [1.807, 2.05) is 24.3 Å². The summed E-state index contributed by atoms with van der Waals surface area (Å²) in [6.45, 7) is 0.756. The molecular weight excluding hydrogens is 302 g/mol. The van der Waals surface area contributed by atoms with Crippen LogP contribution in [0.3, 0.4) is 0 Å². The van der Waals surface area contributed by atoms with Gasteiger partial charge in [0, 0.05) is 16.9 Å². The Labute approximate surface area is 116 Å². The minimum atomic E-state index is 0.0612. The van der Waals surface area contributed by atoms with Gasteiger partial charge in [0.25, 0.3) is 0 Å². The smallest absolute Gasteiger partial charge is 0.224 e. The van der Waals surface area contributed by atoms with Gasteiger partial charge in [0.05, 0.1) is 6.42 Å². The lowest BCUT2D eigenvalue weighted by atomic mass is 10.1. The monoisotopic (exact) mass is 317 g/mol. The lowest BCUT2D eigenvalue weighted by Gasteiger charge is -2.05. The summed E-state index contributed by atoms with van der Waals surface area (Å²) in [5.74, 6) is 0.0612. The molecule has 0 radical (unpaired) electrons. The van der Waals surface area contributed by atoms with E-state index in [-0.39, 0.29) is 5.91 Å². The molecule has 0 aliphatic heterocycles. The van der Waals surface area contributed by atoms with E-state index in [0.29, 0.717) is 11.4 Å². The molecule has 17 heavy (non-hydrogen) atoms. The Balaban J connectivity index is 2.21. The summed E-state index contributed by atoms with van der Waals surface area (Å²) >= 11 is 9.24. The summed E-state index contributed by atoms with van der Waals surface area (Å²) in [7, 11) is 0. The van der Waals surface area contributed by atoms with Gasteiger partial charge < -0.3 is 5.32 Å². The van der Waals surface area contributed by atoms with Gasteiger partial charge in [-0.05, 0) is 30.5 Å². The van der Waals surface area contributed by atoms with Crippen LogP contribution in [0.1, 0.15) is 24.8 Å². The first-order valence-corrected chi connectivity index (χ1v) is 7.29. The minimum Gasteiger partial charge on any atom is -0.356 e. The van der Waals surface area contributed by atoms with Crippen molar-refractivity contribution < 1.29 is 4.79 Å². The van der Waals surface area contributed by atoms with Crippen LogP contribution in [0.5, 0.6) is 0 Å². The lowest BCUT2D eigenvalue weighted by molar-refractivity contribution is -0.120. The van der Waals surface area contributed by atoms with Crippen LogP contribution in [-0.2, 0) is 11.2 Å². The predicted octanol–water partition coefficient (Wildman–Crippen LogP) is 3.56. The maximum atomic E-state index is 11.6. The van der Waals surface area contributed by atoms with E-state index >= 15 is 0 Å². The first-order valence-electron chi connectivity index (χ1n) is 5.79. The summed E-state index contributed by atoms with van der Waals surface area (Å²) in [5, 5.41) is 4.62. The summed E-state index contributed by atoms with van der Waals surface area (Å²) in [5.41, 5.74) is 0.954. The zero-order chi connectivity index (χ0) is 12.5. The fourth-order valence-electron chi connectivity index (χ4n) is 1.52. The van der Waals surface area contributed by atoms with E-state index in [0.717, 1.165) is 36.7 Å². The van der Waals surface area contributed by atoms with Gasteiger partial charge in [0.15, 0.2) is 0 Å². The number of amides is 1. The quantitative estimate of drug-likeness (QED) is 0.604. The predicted molar refractivity (Wildman–Crippen MR) is 75.8 cm³/mol. The van der Waals surface area contributed by atoms with Gasteiger partial charge in [0.1, 0.15) is 0 Å². The number of halogens is 2. The van der Waals surface area contributed by atoms with E-state index in [9.17, 15) is 4.79 Å². The standard InChI is InChI=1S/C13H17BrClNO/c14-7-2-1-3-8-16-13(17)10-11-5-4-6-12(15)9-11/h4-6,9H,1-3,7-8,10H2,(H,16,17). The largest absolute Gasteiger partial charge is 0.356 e. The highest BCUT2D eigenvalue weighted by atomic mass is 79.9. The number of benzene rings is 1. The molecule has 1 aromatic carbocycles. The number of rotatable bonds is 7. The molecule has 0 atom stereocenters. The van der Waals surface area contributed by atoms with Crippen molar-refractivity contribution in [3.63, 3.8) is 0 Å². The molecule has 1 aromatic rings. The number of carbonyl (C=O) groups excluding carboxylic acids is 1. The van der Waals surface area contributed by atoms with E-state index in [1.165, 1.54) is 0 Å².